The van der Waals surface area contributed by atoms with Gasteiger partial charge < -0.3 is 18.9 Å². The van der Waals surface area contributed by atoms with E-state index in [0.717, 1.165) is 59.7 Å². The Balaban J connectivity index is 1.29. The monoisotopic (exact) mass is 495 g/mol. The fraction of sp³-hybridized carbons (Fsp3) is 0.290. The van der Waals surface area contributed by atoms with Crippen molar-refractivity contribution in [3.8, 4) is 11.5 Å². The summed E-state index contributed by atoms with van der Waals surface area (Å²) in [6, 6.07) is 24.0. The van der Waals surface area contributed by atoms with Crippen LogP contribution in [0, 0.1) is 0 Å². The van der Waals surface area contributed by atoms with Crippen molar-refractivity contribution in [1.82, 2.24) is 9.55 Å². The number of methoxy groups -OCH3 is 1. The van der Waals surface area contributed by atoms with Crippen molar-refractivity contribution in [2.75, 3.05) is 25.2 Å². The summed E-state index contributed by atoms with van der Waals surface area (Å²) in [5.41, 5.74) is 4.05. The zero-order valence-corrected chi connectivity index (χ0v) is 21.3. The van der Waals surface area contributed by atoms with Crippen molar-refractivity contribution in [3.63, 3.8) is 0 Å². The van der Waals surface area contributed by atoms with Crippen LogP contribution in [0.15, 0.2) is 85.5 Å². The van der Waals surface area contributed by atoms with Gasteiger partial charge in [0.1, 0.15) is 17.3 Å². The maximum absolute atomic E-state index is 13.1. The van der Waals surface area contributed by atoms with Crippen LogP contribution in [-0.2, 0) is 17.8 Å². The van der Waals surface area contributed by atoms with Gasteiger partial charge in [-0.25, -0.2) is 4.98 Å². The summed E-state index contributed by atoms with van der Waals surface area (Å²) >= 11 is 0. The van der Waals surface area contributed by atoms with Gasteiger partial charge in [0, 0.05) is 25.4 Å². The molecule has 0 saturated carbocycles. The highest BCUT2D eigenvalue weighted by Crippen LogP contribution is 2.37. The summed E-state index contributed by atoms with van der Waals surface area (Å²) in [7, 11) is 1.64. The summed E-state index contributed by atoms with van der Waals surface area (Å²) < 4.78 is 13.9. The topological polar surface area (TPSA) is 56.6 Å². The van der Waals surface area contributed by atoms with Crippen LogP contribution < -0.4 is 14.4 Å². The van der Waals surface area contributed by atoms with Crippen molar-refractivity contribution in [2.24, 2.45) is 0 Å². The second-order valence-corrected chi connectivity index (χ2v) is 9.34. The highest BCUT2D eigenvalue weighted by atomic mass is 16.5. The molecular formula is C31H33N3O3. The zero-order valence-electron chi connectivity index (χ0n) is 21.3. The molecule has 1 fully saturated rings. The van der Waals surface area contributed by atoms with Crippen LogP contribution in [0.1, 0.15) is 36.6 Å². The van der Waals surface area contributed by atoms with Gasteiger partial charge in [-0.15, -0.1) is 6.58 Å². The molecule has 6 heteroatoms. The molecule has 190 valence electrons. The van der Waals surface area contributed by atoms with E-state index in [9.17, 15) is 4.79 Å². The van der Waals surface area contributed by atoms with Gasteiger partial charge in [-0.2, -0.15) is 0 Å². The number of imidazole rings is 1. The maximum atomic E-state index is 13.1. The standard InChI is InChI=1S/C31H33N3O3/c1-3-12-23-13-4-8-17-28(23)37-20-11-10-19-33-26-15-6-5-14-25(26)32-31(33)24-21-30(35)34(22-24)27-16-7-9-18-29(27)36-2/h3-9,13-18,24H,1,10-12,19-22H2,2H3. The molecule has 1 aliphatic rings. The SMILES string of the molecule is C=CCc1ccccc1OCCCCn1c(C2CC(=O)N(c3ccccc3OC)C2)nc2ccccc21. The van der Waals surface area contributed by atoms with E-state index in [1.807, 2.05) is 71.6 Å². The fourth-order valence-corrected chi connectivity index (χ4v) is 5.13. The highest BCUT2D eigenvalue weighted by molar-refractivity contribution is 5.97. The van der Waals surface area contributed by atoms with E-state index in [1.165, 1.54) is 0 Å². The van der Waals surface area contributed by atoms with Gasteiger partial charge in [-0.3, -0.25) is 4.79 Å². The van der Waals surface area contributed by atoms with E-state index in [2.05, 4.69) is 23.3 Å². The molecule has 37 heavy (non-hydrogen) atoms. The lowest BCUT2D eigenvalue weighted by Gasteiger charge is -2.20. The number of carbonyl (C=O) groups is 1. The molecule has 6 nitrogen and oxygen atoms in total. The Kier molecular flexibility index (Phi) is 7.54. The van der Waals surface area contributed by atoms with E-state index in [0.29, 0.717) is 25.3 Å². The number of allylic oxidation sites excluding steroid dienone is 1. The number of rotatable bonds is 11. The van der Waals surface area contributed by atoms with E-state index in [1.54, 1.807) is 7.11 Å². The number of benzene rings is 3. The van der Waals surface area contributed by atoms with Crippen LogP contribution in [0.3, 0.4) is 0 Å². The Labute approximate surface area is 218 Å². The molecule has 0 spiro atoms. The minimum atomic E-state index is 0.0202. The summed E-state index contributed by atoms with van der Waals surface area (Å²) in [5, 5.41) is 0. The number of carbonyl (C=O) groups excluding carboxylic acids is 1. The van der Waals surface area contributed by atoms with Crippen LogP contribution in [-0.4, -0.2) is 35.7 Å². The molecule has 5 rings (SSSR count). The lowest BCUT2D eigenvalue weighted by Crippen LogP contribution is -2.25. The van der Waals surface area contributed by atoms with Crippen molar-refractivity contribution in [1.29, 1.82) is 0 Å². The predicted octanol–water partition coefficient (Wildman–Crippen LogP) is 6.15. The van der Waals surface area contributed by atoms with Crippen molar-refractivity contribution in [2.45, 2.75) is 38.1 Å². The van der Waals surface area contributed by atoms with Crippen molar-refractivity contribution in [3.05, 3.63) is 96.8 Å². The first kappa shape index (κ1) is 24.6. The number of nitrogens with zero attached hydrogens (tertiary/aromatic N) is 3. The smallest absolute Gasteiger partial charge is 0.227 e. The second-order valence-electron chi connectivity index (χ2n) is 9.34. The molecule has 0 bridgehead atoms. The number of aryl methyl sites for hydroxylation is 1. The quantitative estimate of drug-likeness (QED) is 0.185. The number of aromatic nitrogens is 2. The first-order valence-corrected chi connectivity index (χ1v) is 12.9. The molecule has 1 unspecified atom stereocenters. The highest BCUT2D eigenvalue weighted by Gasteiger charge is 2.35. The Morgan fingerprint density at radius 1 is 1.00 bits per heavy atom. The van der Waals surface area contributed by atoms with Crippen LogP contribution in [0.2, 0.25) is 0 Å². The number of hydrogen-bond donors (Lipinski definition) is 0. The number of fused-ring (bicyclic) bond motifs is 1. The molecule has 0 radical (unpaired) electrons. The number of hydrogen-bond acceptors (Lipinski definition) is 4. The van der Waals surface area contributed by atoms with Gasteiger partial charge in [0.25, 0.3) is 0 Å². The Morgan fingerprint density at radius 3 is 2.59 bits per heavy atom. The summed E-state index contributed by atoms with van der Waals surface area (Å²) in [6.07, 6.45) is 5.01. The summed E-state index contributed by atoms with van der Waals surface area (Å²) in [4.78, 5) is 19.9. The molecular weight excluding hydrogens is 462 g/mol. The number of anilines is 1. The van der Waals surface area contributed by atoms with Crippen LogP contribution in [0.4, 0.5) is 5.69 Å². The third-order valence-corrected chi connectivity index (χ3v) is 6.92. The van der Waals surface area contributed by atoms with Gasteiger partial charge in [0.05, 0.1) is 30.4 Å². The van der Waals surface area contributed by atoms with E-state index in [4.69, 9.17) is 14.5 Å². The minimum Gasteiger partial charge on any atom is -0.495 e. The maximum Gasteiger partial charge on any atom is 0.227 e. The predicted molar refractivity (Wildman–Crippen MR) is 148 cm³/mol. The third kappa shape index (κ3) is 5.24. The number of ether oxygens (including phenoxy) is 2. The molecule has 1 aromatic heterocycles. The van der Waals surface area contributed by atoms with Crippen molar-refractivity contribution < 1.29 is 14.3 Å². The second kappa shape index (κ2) is 11.3. The summed E-state index contributed by atoms with van der Waals surface area (Å²) in [5.74, 6) is 2.73. The molecule has 1 atom stereocenters. The van der Waals surface area contributed by atoms with Crippen molar-refractivity contribution >= 4 is 22.6 Å². The molecule has 1 amide bonds. The average molecular weight is 496 g/mol. The van der Waals surface area contributed by atoms with E-state index >= 15 is 0 Å². The lowest BCUT2D eigenvalue weighted by molar-refractivity contribution is -0.117. The minimum absolute atomic E-state index is 0.0202. The van der Waals surface area contributed by atoms with E-state index in [-0.39, 0.29) is 11.8 Å². The molecule has 3 aromatic carbocycles. The third-order valence-electron chi connectivity index (χ3n) is 6.92. The first-order chi connectivity index (χ1) is 18.2. The first-order valence-electron chi connectivity index (χ1n) is 12.9. The summed E-state index contributed by atoms with van der Waals surface area (Å²) in [6.45, 7) is 5.91. The normalized spacial score (nSPS) is 15.3. The Hall–Kier alpha value is -4.06. The molecule has 0 N–H and O–H groups in total. The van der Waals surface area contributed by atoms with Gasteiger partial charge in [-0.05, 0) is 55.2 Å². The number of para-hydroxylation sites is 5. The van der Waals surface area contributed by atoms with Crippen LogP contribution in [0.25, 0.3) is 11.0 Å². The average Bonchev–Trinajstić information content (AvgIpc) is 3.50. The van der Waals surface area contributed by atoms with Gasteiger partial charge >= 0.3 is 0 Å². The largest absolute Gasteiger partial charge is 0.495 e. The molecule has 2 heterocycles. The van der Waals surface area contributed by atoms with Crippen LogP contribution in [0.5, 0.6) is 11.5 Å². The molecule has 0 aliphatic carbocycles. The van der Waals surface area contributed by atoms with Crippen LogP contribution >= 0.6 is 0 Å². The van der Waals surface area contributed by atoms with E-state index < -0.39 is 0 Å². The fourth-order valence-electron chi connectivity index (χ4n) is 5.13. The van der Waals surface area contributed by atoms with Gasteiger partial charge in [0.15, 0.2) is 0 Å². The number of amides is 1. The molecule has 1 saturated heterocycles. The van der Waals surface area contributed by atoms with Gasteiger partial charge in [0.2, 0.25) is 5.91 Å². The lowest BCUT2D eigenvalue weighted by atomic mass is 10.1. The van der Waals surface area contributed by atoms with Gasteiger partial charge in [-0.1, -0.05) is 48.5 Å². The molecule has 4 aromatic rings. The molecule has 1 aliphatic heterocycles. The Morgan fingerprint density at radius 2 is 1.76 bits per heavy atom. The Bertz CT molecular complexity index is 1390. The zero-order chi connectivity index (χ0) is 25.6. The number of unbranched alkanes of at least 4 members (excludes halogenated alkanes) is 1.